The number of nitrogens with zero attached hydrogens (tertiary/aromatic N) is 5. The maximum absolute atomic E-state index is 4.95. The van der Waals surface area contributed by atoms with E-state index in [1.165, 1.54) is 37.7 Å². The number of hydrogen-bond acceptors (Lipinski definition) is 6. The van der Waals surface area contributed by atoms with Crippen LogP contribution >= 0.6 is 0 Å². The van der Waals surface area contributed by atoms with E-state index in [0.29, 0.717) is 18.0 Å². The second-order valence-electron chi connectivity index (χ2n) is 10.2. The average Bonchev–Trinajstić information content (AvgIpc) is 3.36. The van der Waals surface area contributed by atoms with E-state index >= 15 is 0 Å². The number of piperidine rings is 1. The Morgan fingerprint density at radius 1 is 0.806 bits per heavy atom. The molecule has 36 heavy (non-hydrogen) atoms. The van der Waals surface area contributed by atoms with Gasteiger partial charge in [-0.3, -0.25) is 4.90 Å². The number of benzene rings is 2. The van der Waals surface area contributed by atoms with E-state index < -0.39 is 0 Å². The van der Waals surface area contributed by atoms with Gasteiger partial charge in [0.15, 0.2) is 17.0 Å². The Hall–Kier alpha value is -3.45. The van der Waals surface area contributed by atoms with Gasteiger partial charge in [-0.2, -0.15) is 9.97 Å². The molecule has 6 rings (SSSR count). The van der Waals surface area contributed by atoms with Crippen molar-refractivity contribution in [3.05, 3.63) is 72.6 Å². The molecule has 1 saturated heterocycles. The topological polar surface area (TPSA) is 70.9 Å². The first-order valence-electron chi connectivity index (χ1n) is 13.4. The van der Waals surface area contributed by atoms with Crippen LogP contribution in [0, 0.1) is 0 Å². The summed E-state index contributed by atoms with van der Waals surface area (Å²) in [7, 11) is 0. The van der Waals surface area contributed by atoms with Gasteiger partial charge in [0.1, 0.15) is 0 Å². The molecule has 2 fully saturated rings. The number of hydrogen-bond donors (Lipinski definition) is 2. The molecule has 0 unspecified atom stereocenters. The quantitative estimate of drug-likeness (QED) is 0.330. The number of rotatable bonds is 7. The number of anilines is 3. The standard InChI is InChI=1S/C29H35N7/c1-4-10-22(11-5-1)20-35-18-16-24(17-19-35)31-27-26-28(36(21-30-26)25-14-8-3-9-15-25)34-29(33-27)32-23-12-6-2-7-13-23/h1-2,4-7,10-13,21,24-25H,3,8-9,14-20H2,(H2,31,32,33,34). The molecule has 0 bridgehead atoms. The molecule has 1 aliphatic heterocycles. The van der Waals surface area contributed by atoms with Crippen molar-refractivity contribution >= 4 is 28.6 Å². The largest absolute Gasteiger partial charge is 0.365 e. The number of imidazole rings is 1. The van der Waals surface area contributed by atoms with Crippen LogP contribution < -0.4 is 10.6 Å². The Balaban J connectivity index is 1.22. The van der Waals surface area contributed by atoms with Crippen molar-refractivity contribution in [1.29, 1.82) is 0 Å². The Kier molecular flexibility index (Phi) is 6.81. The highest BCUT2D eigenvalue weighted by atomic mass is 15.2. The lowest BCUT2D eigenvalue weighted by molar-refractivity contribution is 0.211. The Morgan fingerprint density at radius 2 is 1.53 bits per heavy atom. The predicted molar refractivity (Wildman–Crippen MR) is 146 cm³/mol. The van der Waals surface area contributed by atoms with E-state index in [2.05, 4.69) is 50.4 Å². The third-order valence-electron chi connectivity index (χ3n) is 7.60. The van der Waals surface area contributed by atoms with E-state index in [1.807, 2.05) is 36.7 Å². The van der Waals surface area contributed by atoms with Gasteiger partial charge in [0.25, 0.3) is 0 Å². The number of aromatic nitrogens is 4. The second kappa shape index (κ2) is 10.7. The Labute approximate surface area is 213 Å². The molecule has 4 aromatic rings. The molecule has 1 aliphatic carbocycles. The smallest absolute Gasteiger partial charge is 0.231 e. The molecule has 186 valence electrons. The van der Waals surface area contributed by atoms with Gasteiger partial charge in [-0.15, -0.1) is 0 Å². The van der Waals surface area contributed by atoms with Crippen LogP contribution in [-0.2, 0) is 6.54 Å². The molecule has 0 atom stereocenters. The van der Waals surface area contributed by atoms with Crippen LogP contribution in [0.1, 0.15) is 56.6 Å². The minimum atomic E-state index is 0.375. The van der Waals surface area contributed by atoms with Crippen LogP contribution in [0.3, 0.4) is 0 Å². The van der Waals surface area contributed by atoms with Crippen LogP contribution in [0.2, 0.25) is 0 Å². The minimum absolute atomic E-state index is 0.375. The summed E-state index contributed by atoms with van der Waals surface area (Å²) in [6.07, 6.45) is 10.4. The summed E-state index contributed by atoms with van der Waals surface area (Å²) in [4.78, 5) is 17.2. The molecule has 3 heterocycles. The first kappa shape index (κ1) is 23.0. The summed E-state index contributed by atoms with van der Waals surface area (Å²) < 4.78 is 2.29. The van der Waals surface area contributed by atoms with Gasteiger partial charge in [0.05, 0.1) is 6.33 Å². The molecule has 0 spiro atoms. The summed E-state index contributed by atoms with van der Waals surface area (Å²) in [6, 6.07) is 21.8. The maximum atomic E-state index is 4.95. The van der Waals surface area contributed by atoms with E-state index in [9.17, 15) is 0 Å². The van der Waals surface area contributed by atoms with E-state index in [4.69, 9.17) is 15.0 Å². The van der Waals surface area contributed by atoms with Crippen molar-refractivity contribution in [3.8, 4) is 0 Å². The number of fused-ring (bicyclic) bond motifs is 1. The third-order valence-corrected chi connectivity index (χ3v) is 7.60. The summed E-state index contributed by atoms with van der Waals surface area (Å²) in [5.74, 6) is 1.46. The Bertz CT molecular complexity index is 1260. The van der Waals surface area contributed by atoms with Crippen LogP contribution in [-0.4, -0.2) is 43.6 Å². The third kappa shape index (κ3) is 5.21. The lowest BCUT2D eigenvalue weighted by Gasteiger charge is -2.32. The van der Waals surface area contributed by atoms with Crippen LogP contribution in [0.5, 0.6) is 0 Å². The van der Waals surface area contributed by atoms with Crippen molar-refractivity contribution in [2.75, 3.05) is 23.7 Å². The fraction of sp³-hybridized carbons (Fsp3) is 0.414. The van der Waals surface area contributed by atoms with Gasteiger partial charge in [-0.1, -0.05) is 67.8 Å². The van der Waals surface area contributed by atoms with Crippen molar-refractivity contribution < 1.29 is 0 Å². The first-order chi connectivity index (χ1) is 17.8. The summed E-state index contributed by atoms with van der Waals surface area (Å²) in [5.41, 5.74) is 4.18. The van der Waals surface area contributed by atoms with Crippen LogP contribution in [0.15, 0.2) is 67.0 Å². The Morgan fingerprint density at radius 3 is 2.28 bits per heavy atom. The van der Waals surface area contributed by atoms with Gasteiger partial charge in [-0.25, -0.2) is 4.98 Å². The van der Waals surface area contributed by atoms with Gasteiger partial charge in [0.2, 0.25) is 5.95 Å². The fourth-order valence-corrected chi connectivity index (χ4v) is 5.62. The molecule has 0 amide bonds. The SMILES string of the molecule is c1ccc(CN2CCC(Nc3nc(Nc4ccccc4)nc4c3ncn4C3CCCCC3)CC2)cc1. The van der Waals surface area contributed by atoms with Gasteiger partial charge >= 0.3 is 0 Å². The molecular formula is C29H35N7. The summed E-state index contributed by atoms with van der Waals surface area (Å²) >= 11 is 0. The molecular weight excluding hydrogens is 446 g/mol. The molecule has 2 aromatic heterocycles. The normalized spacial score (nSPS) is 17.9. The monoisotopic (exact) mass is 481 g/mol. The second-order valence-corrected chi connectivity index (χ2v) is 10.2. The van der Waals surface area contributed by atoms with Crippen molar-refractivity contribution in [2.24, 2.45) is 0 Å². The van der Waals surface area contributed by atoms with E-state index in [0.717, 1.165) is 55.1 Å². The fourth-order valence-electron chi connectivity index (χ4n) is 5.62. The number of likely N-dealkylation sites (tertiary alicyclic amines) is 1. The summed E-state index contributed by atoms with van der Waals surface area (Å²) in [5, 5.41) is 7.17. The molecule has 1 saturated carbocycles. The molecule has 2 aromatic carbocycles. The highest BCUT2D eigenvalue weighted by Gasteiger charge is 2.24. The van der Waals surface area contributed by atoms with E-state index in [-0.39, 0.29) is 0 Å². The maximum Gasteiger partial charge on any atom is 0.231 e. The molecule has 2 aliphatic rings. The molecule has 7 nitrogen and oxygen atoms in total. The lowest BCUT2D eigenvalue weighted by Crippen LogP contribution is -2.38. The van der Waals surface area contributed by atoms with Gasteiger partial charge in [-0.05, 0) is 43.4 Å². The van der Waals surface area contributed by atoms with Crippen molar-refractivity contribution in [1.82, 2.24) is 24.4 Å². The average molecular weight is 482 g/mol. The zero-order valence-corrected chi connectivity index (χ0v) is 20.8. The summed E-state index contributed by atoms with van der Waals surface area (Å²) in [6.45, 7) is 3.17. The zero-order valence-electron chi connectivity index (χ0n) is 20.8. The lowest BCUT2D eigenvalue weighted by atomic mass is 9.95. The molecule has 7 heteroatoms. The molecule has 0 radical (unpaired) electrons. The number of para-hydroxylation sites is 1. The van der Waals surface area contributed by atoms with E-state index in [1.54, 1.807) is 0 Å². The van der Waals surface area contributed by atoms with Gasteiger partial charge < -0.3 is 15.2 Å². The van der Waals surface area contributed by atoms with Gasteiger partial charge in [0, 0.05) is 37.4 Å². The highest BCUT2D eigenvalue weighted by molar-refractivity contribution is 5.85. The van der Waals surface area contributed by atoms with Crippen molar-refractivity contribution in [2.45, 2.75) is 63.6 Å². The zero-order chi connectivity index (χ0) is 24.2. The highest BCUT2D eigenvalue weighted by Crippen LogP contribution is 2.33. The number of nitrogens with one attached hydrogen (secondary N) is 2. The first-order valence-corrected chi connectivity index (χ1v) is 13.4. The van der Waals surface area contributed by atoms with Crippen molar-refractivity contribution in [3.63, 3.8) is 0 Å². The molecule has 2 N–H and O–H groups in total. The van der Waals surface area contributed by atoms with Crippen LogP contribution in [0.4, 0.5) is 17.5 Å². The predicted octanol–water partition coefficient (Wildman–Crippen LogP) is 6.15. The minimum Gasteiger partial charge on any atom is -0.365 e. The van der Waals surface area contributed by atoms with Crippen LogP contribution in [0.25, 0.3) is 11.2 Å².